The molecule has 0 saturated carbocycles. The number of carbonyl (C=O) groups is 1. The maximum Gasteiger partial charge on any atom is 0.159 e. The SMILES string of the molecule is CCCCCC1CC(C)(C)c2cc(C(C)=O)ccc2C1(C)C. The molecule has 0 amide bonds. The van der Waals surface area contributed by atoms with E-state index < -0.39 is 0 Å². The van der Waals surface area contributed by atoms with Crippen molar-refractivity contribution >= 4 is 5.78 Å². The Kier molecular flexibility index (Phi) is 4.84. The molecule has 1 aromatic carbocycles. The quantitative estimate of drug-likeness (QED) is 0.478. The molecule has 1 heteroatoms. The molecule has 0 aliphatic heterocycles. The van der Waals surface area contributed by atoms with Gasteiger partial charge >= 0.3 is 0 Å². The van der Waals surface area contributed by atoms with E-state index in [0.29, 0.717) is 0 Å². The molecule has 0 fully saturated rings. The first-order chi connectivity index (χ1) is 10.2. The van der Waals surface area contributed by atoms with Gasteiger partial charge in [-0.15, -0.1) is 0 Å². The van der Waals surface area contributed by atoms with Crippen LogP contribution in [0.4, 0.5) is 0 Å². The first-order valence-corrected chi connectivity index (χ1v) is 8.86. The summed E-state index contributed by atoms with van der Waals surface area (Å²) in [5.41, 5.74) is 4.06. The largest absolute Gasteiger partial charge is 0.295 e. The summed E-state index contributed by atoms with van der Waals surface area (Å²) < 4.78 is 0. The van der Waals surface area contributed by atoms with Crippen molar-refractivity contribution in [1.29, 1.82) is 0 Å². The van der Waals surface area contributed by atoms with Gasteiger partial charge in [-0.2, -0.15) is 0 Å². The van der Waals surface area contributed by atoms with Crippen LogP contribution in [-0.4, -0.2) is 5.78 Å². The second-order valence-electron chi connectivity index (χ2n) is 8.32. The van der Waals surface area contributed by atoms with Gasteiger partial charge in [0, 0.05) is 5.56 Å². The van der Waals surface area contributed by atoms with Crippen LogP contribution in [0.5, 0.6) is 0 Å². The Balaban J connectivity index is 2.41. The van der Waals surface area contributed by atoms with Crippen LogP contribution in [0.3, 0.4) is 0 Å². The third kappa shape index (κ3) is 3.14. The van der Waals surface area contributed by atoms with Crippen molar-refractivity contribution in [1.82, 2.24) is 0 Å². The van der Waals surface area contributed by atoms with Gasteiger partial charge < -0.3 is 0 Å². The summed E-state index contributed by atoms with van der Waals surface area (Å²) in [5.74, 6) is 0.895. The van der Waals surface area contributed by atoms with Crippen molar-refractivity contribution in [3.05, 3.63) is 34.9 Å². The zero-order valence-electron chi connectivity index (χ0n) is 15.3. The second-order valence-corrected chi connectivity index (χ2v) is 8.32. The number of rotatable bonds is 5. The molecular formula is C21H32O. The molecule has 0 bridgehead atoms. The summed E-state index contributed by atoms with van der Waals surface area (Å²) >= 11 is 0. The van der Waals surface area contributed by atoms with Gasteiger partial charge in [0.05, 0.1) is 0 Å². The standard InChI is InChI=1S/C21H32O/c1-7-8-9-10-17-14-20(3,4)19-13-16(15(2)22)11-12-18(19)21(17,5)6/h11-13,17H,7-10,14H2,1-6H3. The molecule has 122 valence electrons. The van der Waals surface area contributed by atoms with Crippen molar-refractivity contribution in [3.8, 4) is 0 Å². The minimum Gasteiger partial charge on any atom is -0.295 e. The number of carbonyl (C=O) groups excluding carboxylic acids is 1. The van der Waals surface area contributed by atoms with E-state index in [-0.39, 0.29) is 16.6 Å². The van der Waals surface area contributed by atoms with Crippen molar-refractivity contribution in [2.45, 2.75) is 84.5 Å². The maximum absolute atomic E-state index is 11.7. The smallest absolute Gasteiger partial charge is 0.159 e. The molecular weight excluding hydrogens is 268 g/mol. The number of hydrogen-bond acceptors (Lipinski definition) is 1. The zero-order valence-corrected chi connectivity index (χ0v) is 15.3. The maximum atomic E-state index is 11.7. The van der Waals surface area contributed by atoms with Crippen molar-refractivity contribution in [3.63, 3.8) is 0 Å². The van der Waals surface area contributed by atoms with E-state index in [0.717, 1.165) is 11.5 Å². The van der Waals surface area contributed by atoms with Crippen LogP contribution in [0.25, 0.3) is 0 Å². The highest BCUT2D eigenvalue weighted by Crippen LogP contribution is 2.51. The topological polar surface area (TPSA) is 17.1 Å². The van der Waals surface area contributed by atoms with Gasteiger partial charge in [-0.3, -0.25) is 4.79 Å². The Labute approximate surface area is 136 Å². The average molecular weight is 300 g/mol. The molecule has 2 rings (SSSR count). The number of unbranched alkanes of at least 4 members (excludes halogenated alkanes) is 2. The Morgan fingerprint density at radius 3 is 2.41 bits per heavy atom. The molecule has 0 radical (unpaired) electrons. The van der Waals surface area contributed by atoms with Crippen LogP contribution in [-0.2, 0) is 10.8 Å². The number of ketones is 1. The van der Waals surface area contributed by atoms with E-state index in [2.05, 4.69) is 46.8 Å². The fourth-order valence-electron chi connectivity index (χ4n) is 4.19. The lowest BCUT2D eigenvalue weighted by Gasteiger charge is -2.48. The van der Waals surface area contributed by atoms with Gasteiger partial charge in [0.2, 0.25) is 0 Å². The molecule has 1 nitrogen and oxygen atoms in total. The monoisotopic (exact) mass is 300 g/mol. The Morgan fingerprint density at radius 2 is 1.82 bits per heavy atom. The van der Waals surface area contributed by atoms with E-state index in [4.69, 9.17) is 0 Å². The van der Waals surface area contributed by atoms with Gasteiger partial charge in [-0.05, 0) is 53.7 Å². The molecule has 1 unspecified atom stereocenters. The fourth-order valence-corrected chi connectivity index (χ4v) is 4.19. The molecule has 0 N–H and O–H groups in total. The third-order valence-corrected chi connectivity index (χ3v) is 5.78. The summed E-state index contributed by atoms with van der Waals surface area (Å²) in [6.07, 6.45) is 6.50. The Hall–Kier alpha value is -1.11. The first-order valence-electron chi connectivity index (χ1n) is 8.86. The highest BCUT2D eigenvalue weighted by atomic mass is 16.1. The van der Waals surface area contributed by atoms with Gasteiger partial charge in [0.25, 0.3) is 0 Å². The summed E-state index contributed by atoms with van der Waals surface area (Å²) in [6.45, 7) is 13.4. The van der Waals surface area contributed by atoms with Crippen molar-refractivity contribution < 1.29 is 4.79 Å². The van der Waals surface area contributed by atoms with Gasteiger partial charge in [0.15, 0.2) is 5.78 Å². The summed E-state index contributed by atoms with van der Waals surface area (Å²) in [6, 6.07) is 6.40. The highest BCUT2D eigenvalue weighted by molar-refractivity contribution is 5.94. The molecule has 0 heterocycles. The lowest BCUT2D eigenvalue weighted by molar-refractivity contribution is 0.101. The van der Waals surface area contributed by atoms with Gasteiger partial charge in [-0.25, -0.2) is 0 Å². The van der Waals surface area contributed by atoms with Crippen LogP contribution < -0.4 is 0 Å². The lowest BCUT2D eigenvalue weighted by Crippen LogP contribution is -2.41. The average Bonchev–Trinajstić information content (AvgIpc) is 2.44. The van der Waals surface area contributed by atoms with E-state index in [1.165, 1.54) is 43.2 Å². The molecule has 1 aromatic rings. The molecule has 0 aromatic heterocycles. The summed E-state index contributed by atoms with van der Waals surface area (Å²) in [7, 11) is 0. The van der Waals surface area contributed by atoms with Crippen LogP contribution in [0.15, 0.2) is 18.2 Å². The number of Topliss-reactive ketones (excluding diaryl/α,β-unsaturated/α-hetero) is 1. The van der Waals surface area contributed by atoms with Crippen LogP contribution in [0.2, 0.25) is 0 Å². The van der Waals surface area contributed by atoms with E-state index in [1.54, 1.807) is 6.92 Å². The number of benzene rings is 1. The predicted octanol–water partition coefficient (Wildman–Crippen LogP) is 6.04. The normalized spacial score (nSPS) is 22.2. The highest BCUT2D eigenvalue weighted by Gasteiger charge is 2.43. The van der Waals surface area contributed by atoms with Gasteiger partial charge in [-0.1, -0.05) is 66.0 Å². The molecule has 0 saturated heterocycles. The summed E-state index contributed by atoms with van der Waals surface area (Å²) in [4.78, 5) is 11.7. The van der Waals surface area contributed by atoms with Crippen LogP contribution >= 0.6 is 0 Å². The van der Waals surface area contributed by atoms with Crippen molar-refractivity contribution in [2.24, 2.45) is 5.92 Å². The Bertz CT molecular complexity index is 551. The van der Waals surface area contributed by atoms with Crippen LogP contribution in [0.1, 0.15) is 95.1 Å². The number of fused-ring (bicyclic) bond motifs is 1. The second kappa shape index (κ2) is 6.18. The minimum absolute atomic E-state index is 0.160. The van der Waals surface area contributed by atoms with E-state index >= 15 is 0 Å². The molecule has 1 aliphatic carbocycles. The van der Waals surface area contributed by atoms with Crippen molar-refractivity contribution in [2.75, 3.05) is 0 Å². The van der Waals surface area contributed by atoms with Crippen LogP contribution in [0, 0.1) is 5.92 Å². The Morgan fingerprint density at radius 1 is 1.14 bits per heavy atom. The minimum atomic E-state index is 0.160. The predicted molar refractivity (Wildman–Crippen MR) is 94.7 cm³/mol. The molecule has 1 aliphatic rings. The van der Waals surface area contributed by atoms with E-state index in [9.17, 15) is 4.79 Å². The molecule has 0 spiro atoms. The molecule has 22 heavy (non-hydrogen) atoms. The first kappa shape index (κ1) is 17.2. The van der Waals surface area contributed by atoms with E-state index in [1.807, 2.05) is 6.07 Å². The number of hydrogen-bond donors (Lipinski definition) is 0. The zero-order chi connectivity index (χ0) is 16.5. The summed E-state index contributed by atoms with van der Waals surface area (Å²) in [5, 5.41) is 0. The lowest BCUT2D eigenvalue weighted by atomic mass is 9.56. The molecule has 1 atom stereocenters. The third-order valence-electron chi connectivity index (χ3n) is 5.78. The van der Waals surface area contributed by atoms with Gasteiger partial charge in [0.1, 0.15) is 0 Å². The fraction of sp³-hybridized carbons (Fsp3) is 0.667.